The zero-order valence-electron chi connectivity index (χ0n) is 16.1. The maximum atomic E-state index is 12.0. The first-order chi connectivity index (χ1) is 15.1. The van der Waals surface area contributed by atoms with E-state index in [4.69, 9.17) is 0 Å². The van der Waals surface area contributed by atoms with Crippen LogP contribution in [0.1, 0.15) is 0 Å². The van der Waals surface area contributed by atoms with Crippen molar-refractivity contribution >= 4 is 0 Å². The molecular formula is C22H10F10Ti. The van der Waals surface area contributed by atoms with E-state index in [9.17, 15) is 43.9 Å². The van der Waals surface area contributed by atoms with Crippen LogP contribution in [0.15, 0.2) is 0 Å². The van der Waals surface area contributed by atoms with E-state index in [1.165, 1.54) is 0 Å². The van der Waals surface area contributed by atoms with Crippen molar-refractivity contribution in [2.75, 3.05) is 0 Å². The van der Waals surface area contributed by atoms with Gasteiger partial charge in [-0.05, 0) is 64.2 Å². The Labute approximate surface area is 200 Å². The quantitative estimate of drug-likeness (QED) is 0.126. The van der Waals surface area contributed by atoms with Crippen LogP contribution >= 0.6 is 0 Å². The van der Waals surface area contributed by atoms with E-state index in [1.807, 2.05) is 64.2 Å². The van der Waals surface area contributed by atoms with Crippen LogP contribution in [0.25, 0.3) is 0 Å². The molecule has 2 aliphatic carbocycles. The molecule has 0 N–H and O–H groups in total. The van der Waals surface area contributed by atoms with Crippen molar-refractivity contribution in [3.05, 3.63) is 135 Å². The molecule has 0 saturated heterocycles. The maximum Gasteiger partial charge on any atom is 2.00 e. The normalized spacial score (nSPS) is 14.1. The molecule has 33 heavy (non-hydrogen) atoms. The largest absolute Gasteiger partial charge is 2.00 e. The first-order valence-electron chi connectivity index (χ1n) is 8.22. The smallest absolute Gasteiger partial charge is 0.278 e. The first kappa shape index (κ1) is 31.5. The van der Waals surface area contributed by atoms with Crippen LogP contribution in [0, 0.1) is 135 Å². The van der Waals surface area contributed by atoms with Crippen molar-refractivity contribution < 1.29 is 65.6 Å². The van der Waals surface area contributed by atoms with Crippen molar-refractivity contribution in [1.82, 2.24) is 0 Å². The van der Waals surface area contributed by atoms with Crippen LogP contribution in [0.5, 0.6) is 0 Å². The zero-order chi connectivity index (χ0) is 24.3. The van der Waals surface area contributed by atoms with Crippen LogP contribution in [0.3, 0.4) is 0 Å². The molecule has 0 aliphatic heterocycles. The van der Waals surface area contributed by atoms with Crippen LogP contribution in [-0.2, 0) is 21.7 Å². The van der Waals surface area contributed by atoms with E-state index < -0.39 is 58.2 Å². The van der Waals surface area contributed by atoms with Gasteiger partial charge in [0, 0.05) is 0 Å². The van der Waals surface area contributed by atoms with Crippen molar-refractivity contribution in [2.45, 2.75) is 0 Å². The second-order valence-corrected chi connectivity index (χ2v) is 5.31. The van der Waals surface area contributed by atoms with E-state index in [1.54, 1.807) is 0 Å². The standard InChI is InChI=1S/2C6F5.2C5H5.Ti/c2*7-2-1-3(8)5(10)6(11)4(2)9;2*1-2-4-5-3-1;/h;;2*1-5H;/q2*-1;;;+2. The minimum Gasteiger partial charge on any atom is -0.278 e. The van der Waals surface area contributed by atoms with Crippen LogP contribution in [-0.4, -0.2) is 0 Å². The summed E-state index contributed by atoms with van der Waals surface area (Å²) < 4.78 is 120. The summed E-state index contributed by atoms with van der Waals surface area (Å²) in [6, 6.07) is 2.05. The fourth-order valence-electron chi connectivity index (χ4n) is 1.63. The van der Waals surface area contributed by atoms with Crippen molar-refractivity contribution in [2.24, 2.45) is 0 Å². The number of hydrogen-bond acceptors (Lipinski definition) is 0. The van der Waals surface area contributed by atoms with Crippen LogP contribution in [0.2, 0.25) is 0 Å². The SMILES string of the molecule is Fc1[c-]c(F)c(F)c(F)c1F.Fc1[c-]c(F)c(F)c(F)c1F.[CH]1[CH][CH][CH][CH]1.[CH]1[CH][CH][CH][CH]1.[Ti+2]. The molecule has 0 heterocycles. The van der Waals surface area contributed by atoms with Crippen molar-refractivity contribution in [1.29, 1.82) is 0 Å². The van der Waals surface area contributed by atoms with Gasteiger partial charge in [0.25, 0.3) is 0 Å². The van der Waals surface area contributed by atoms with E-state index in [2.05, 4.69) is 0 Å². The van der Waals surface area contributed by atoms with Gasteiger partial charge in [0.05, 0.1) is 58.2 Å². The number of rotatable bonds is 0. The Morgan fingerprint density at radius 2 is 0.455 bits per heavy atom. The minimum atomic E-state index is -2.17. The van der Waals surface area contributed by atoms with Gasteiger partial charge in [0.2, 0.25) is 0 Å². The predicted molar refractivity (Wildman–Crippen MR) is 93.1 cm³/mol. The van der Waals surface area contributed by atoms with Crippen molar-refractivity contribution in [3.63, 3.8) is 0 Å². The molecule has 0 unspecified atom stereocenters. The monoisotopic (exact) mass is 512 g/mol. The number of benzene rings is 2. The third-order valence-electron chi connectivity index (χ3n) is 3.09. The summed E-state index contributed by atoms with van der Waals surface area (Å²) in [4.78, 5) is 0. The minimum absolute atomic E-state index is 0. The van der Waals surface area contributed by atoms with Crippen LogP contribution in [0.4, 0.5) is 43.9 Å². The Morgan fingerprint density at radius 1 is 0.303 bits per heavy atom. The second kappa shape index (κ2) is 16.1. The molecule has 0 bridgehead atoms. The first-order valence-corrected chi connectivity index (χ1v) is 8.22. The molecular weight excluding hydrogens is 502 g/mol. The Kier molecular flexibility index (Phi) is 15.4. The molecule has 2 saturated carbocycles. The summed E-state index contributed by atoms with van der Waals surface area (Å²) in [6.45, 7) is 0. The molecule has 2 fully saturated rings. The molecule has 0 nitrogen and oxygen atoms in total. The molecule has 2 aromatic rings. The number of hydrogen-bond donors (Lipinski definition) is 0. The summed E-state index contributed by atoms with van der Waals surface area (Å²) in [5, 5.41) is 0. The molecule has 0 amide bonds. The average molecular weight is 512 g/mol. The van der Waals surface area contributed by atoms with Gasteiger partial charge in [-0.1, -0.05) is 0 Å². The van der Waals surface area contributed by atoms with E-state index >= 15 is 0 Å². The molecule has 2 aliphatic rings. The molecule has 0 atom stereocenters. The van der Waals surface area contributed by atoms with Gasteiger partial charge in [0.1, 0.15) is 0 Å². The molecule has 0 aromatic heterocycles. The molecule has 172 valence electrons. The fraction of sp³-hybridized carbons (Fsp3) is 0. The Balaban J connectivity index is 0.000000434. The summed E-state index contributed by atoms with van der Waals surface area (Å²) in [6.07, 6.45) is 20.0. The second-order valence-electron chi connectivity index (χ2n) is 5.31. The Bertz CT molecular complexity index is 726. The summed E-state index contributed by atoms with van der Waals surface area (Å²) in [5.74, 6) is -20.1. The number of halogens is 10. The van der Waals surface area contributed by atoms with E-state index in [0.29, 0.717) is 0 Å². The third-order valence-corrected chi connectivity index (χ3v) is 3.09. The zero-order valence-corrected chi connectivity index (χ0v) is 17.6. The molecule has 10 radical (unpaired) electrons. The average Bonchev–Trinajstić information content (AvgIpc) is 3.53. The van der Waals surface area contributed by atoms with E-state index in [0.717, 1.165) is 12.1 Å². The molecule has 11 heteroatoms. The predicted octanol–water partition coefficient (Wildman–Crippen LogP) is 6.40. The molecule has 4 rings (SSSR count). The Hall–Kier alpha value is -1.55. The van der Waals surface area contributed by atoms with Gasteiger partial charge in [-0.15, -0.1) is 12.1 Å². The van der Waals surface area contributed by atoms with Gasteiger partial charge < -0.3 is 0 Å². The maximum absolute atomic E-state index is 12.0. The van der Waals surface area contributed by atoms with E-state index in [-0.39, 0.29) is 21.7 Å². The molecule has 0 spiro atoms. The molecule has 2 aromatic carbocycles. The van der Waals surface area contributed by atoms with Gasteiger partial charge in [-0.3, -0.25) is 17.6 Å². The van der Waals surface area contributed by atoms with Gasteiger partial charge >= 0.3 is 21.7 Å². The van der Waals surface area contributed by atoms with Gasteiger partial charge in [-0.2, -0.15) is 0 Å². The van der Waals surface area contributed by atoms with Gasteiger partial charge in [-0.25, -0.2) is 26.3 Å². The summed E-state index contributed by atoms with van der Waals surface area (Å²) >= 11 is 0. The fourth-order valence-corrected chi connectivity index (χ4v) is 1.63. The Morgan fingerprint density at radius 3 is 0.606 bits per heavy atom. The third kappa shape index (κ3) is 10.5. The van der Waals surface area contributed by atoms with Crippen molar-refractivity contribution in [3.8, 4) is 0 Å². The summed E-state index contributed by atoms with van der Waals surface area (Å²) in [5.41, 5.74) is 0. The summed E-state index contributed by atoms with van der Waals surface area (Å²) in [7, 11) is 0. The van der Waals surface area contributed by atoms with Gasteiger partial charge in [0.15, 0.2) is 0 Å². The topological polar surface area (TPSA) is 0 Å². The van der Waals surface area contributed by atoms with Crippen LogP contribution < -0.4 is 0 Å².